The highest BCUT2D eigenvalue weighted by atomic mass is 19.1. The highest BCUT2D eigenvalue weighted by Crippen LogP contribution is 2.38. The van der Waals surface area contributed by atoms with Gasteiger partial charge in [-0.05, 0) is 54.4 Å². The van der Waals surface area contributed by atoms with Crippen LogP contribution in [-0.4, -0.2) is 21.3 Å². The molecule has 1 N–H and O–H groups in total. The molecule has 3 aromatic carbocycles. The van der Waals surface area contributed by atoms with E-state index < -0.39 is 11.6 Å². The van der Waals surface area contributed by atoms with Crippen molar-refractivity contribution in [3.63, 3.8) is 0 Å². The minimum atomic E-state index is -0.621. The van der Waals surface area contributed by atoms with Gasteiger partial charge in [-0.3, -0.25) is 5.01 Å². The summed E-state index contributed by atoms with van der Waals surface area (Å²) in [6.07, 6.45) is 0. The molecule has 0 heterocycles. The fraction of sp³-hybridized carbons (Fsp3) is 0.250. The molecule has 0 aromatic heterocycles. The Balaban J connectivity index is 1.97. The van der Waals surface area contributed by atoms with Crippen LogP contribution in [0.1, 0.15) is 24.1 Å². The first-order valence-corrected chi connectivity index (χ1v) is 9.78. The van der Waals surface area contributed by atoms with Crippen LogP contribution in [0.3, 0.4) is 0 Å². The van der Waals surface area contributed by atoms with Gasteiger partial charge in [-0.2, -0.15) is 0 Å². The van der Waals surface area contributed by atoms with Crippen molar-refractivity contribution < 1.29 is 23.0 Å². The monoisotopic (exact) mass is 428 g/mol. The predicted molar refractivity (Wildman–Crippen MR) is 117 cm³/mol. The van der Waals surface area contributed by atoms with Crippen LogP contribution in [0.4, 0.5) is 14.5 Å². The van der Waals surface area contributed by atoms with Crippen LogP contribution in [-0.2, 0) is 6.54 Å². The zero-order valence-electron chi connectivity index (χ0n) is 18.0. The van der Waals surface area contributed by atoms with Crippen LogP contribution in [0, 0.1) is 11.6 Å². The van der Waals surface area contributed by atoms with Crippen LogP contribution >= 0.6 is 0 Å². The highest BCUT2D eigenvalue weighted by molar-refractivity contribution is 5.64. The Kier molecular flexibility index (Phi) is 7.31. The Labute approximate surface area is 181 Å². The molecular formula is C24H26F2N2O3. The fourth-order valence-corrected chi connectivity index (χ4v) is 3.33. The summed E-state index contributed by atoms with van der Waals surface area (Å²) in [7, 11) is 4.75. The Bertz CT molecular complexity index is 992. The number of ether oxygens (including phenoxy) is 3. The van der Waals surface area contributed by atoms with Crippen LogP contribution in [0.5, 0.6) is 17.2 Å². The molecule has 7 heteroatoms. The van der Waals surface area contributed by atoms with Gasteiger partial charge in [0.05, 0.1) is 33.6 Å². The summed E-state index contributed by atoms with van der Waals surface area (Å²) in [5.41, 5.74) is 5.55. The summed E-state index contributed by atoms with van der Waals surface area (Å²) >= 11 is 0. The zero-order valence-corrected chi connectivity index (χ0v) is 18.0. The third-order valence-corrected chi connectivity index (χ3v) is 4.91. The molecule has 3 rings (SSSR count). The summed E-state index contributed by atoms with van der Waals surface area (Å²) in [6, 6.07) is 16.3. The third kappa shape index (κ3) is 5.44. The second kappa shape index (κ2) is 10.1. The van der Waals surface area contributed by atoms with E-state index in [-0.39, 0.29) is 6.04 Å². The largest absolute Gasteiger partial charge is 0.497 e. The van der Waals surface area contributed by atoms with E-state index in [1.54, 1.807) is 27.4 Å². The number of nitrogens with one attached hydrogen (secondary N) is 1. The van der Waals surface area contributed by atoms with Crippen LogP contribution in [0.15, 0.2) is 60.7 Å². The van der Waals surface area contributed by atoms with Gasteiger partial charge in [0, 0.05) is 12.1 Å². The summed E-state index contributed by atoms with van der Waals surface area (Å²) < 4.78 is 43.8. The van der Waals surface area contributed by atoms with Gasteiger partial charge in [0.15, 0.2) is 11.5 Å². The molecule has 0 aliphatic rings. The second-order valence-corrected chi connectivity index (χ2v) is 7.00. The third-order valence-electron chi connectivity index (χ3n) is 4.91. The van der Waals surface area contributed by atoms with Gasteiger partial charge >= 0.3 is 0 Å². The molecular weight excluding hydrogens is 402 g/mol. The van der Waals surface area contributed by atoms with Gasteiger partial charge in [-0.15, -0.1) is 0 Å². The first kappa shape index (κ1) is 22.4. The molecule has 3 aromatic rings. The number of anilines is 1. The van der Waals surface area contributed by atoms with Crippen LogP contribution in [0.25, 0.3) is 0 Å². The summed E-state index contributed by atoms with van der Waals surface area (Å²) in [4.78, 5) is 0. The zero-order chi connectivity index (χ0) is 22.4. The first-order valence-electron chi connectivity index (χ1n) is 9.78. The molecule has 31 heavy (non-hydrogen) atoms. The molecule has 0 aliphatic heterocycles. The van der Waals surface area contributed by atoms with E-state index in [9.17, 15) is 8.78 Å². The maximum absolute atomic E-state index is 13.8. The van der Waals surface area contributed by atoms with Gasteiger partial charge in [-0.25, -0.2) is 14.2 Å². The number of benzene rings is 3. The fourth-order valence-electron chi connectivity index (χ4n) is 3.33. The van der Waals surface area contributed by atoms with Gasteiger partial charge in [-0.1, -0.05) is 18.2 Å². The van der Waals surface area contributed by atoms with Gasteiger partial charge in [0.1, 0.15) is 17.4 Å². The van der Waals surface area contributed by atoms with Crippen molar-refractivity contribution >= 4 is 5.69 Å². The molecule has 0 aliphatic carbocycles. The lowest BCUT2D eigenvalue weighted by Gasteiger charge is -2.31. The van der Waals surface area contributed by atoms with Crippen LogP contribution in [0.2, 0.25) is 0 Å². The molecule has 0 saturated heterocycles. The standard InChI is InChI=1S/C24H26F2N2O3/c1-16(18-12-19(25)14-20(26)13-18)27-28(15-17-8-10-21(29-2)11-9-17)22-6-5-7-23(30-3)24(22)31-4/h5-14,16,27H,15H2,1-4H3. The Morgan fingerprint density at radius 1 is 0.871 bits per heavy atom. The Morgan fingerprint density at radius 2 is 1.55 bits per heavy atom. The molecule has 164 valence electrons. The molecule has 0 fully saturated rings. The molecule has 0 saturated carbocycles. The average molecular weight is 428 g/mol. The Morgan fingerprint density at radius 3 is 2.13 bits per heavy atom. The van der Waals surface area contributed by atoms with Crippen molar-refractivity contribution in [3.8, 4) is 17.2 Å². The number of hydrogen-bond donors (Lipinski definition) is 1. The van der Waals surface area contributed by atoms with Crippen molar-refractivity contribution in [3.05, 3.63) is 83.4 Å². The normalized spacial score (nSPS) is 11.7. The number of nitrogens with zero attached hydrogens (tertiary/aromatic N) is 1. The van der Waals surface area contributed by atoms with Crippen molar-refractivity contribution in [1.82, 2.24) is 5.43 Å². The lowest BCUT2D eigenvalue weighted by Crippen LogP contribution is -2.39. The van der Waals surface area contributed by atoms with Crippen molar-refractivity contribution in [2.24, 2.45) is 0 Å². The van der Waals surface area contributed by atoms with Gasteiger partial charge < -0.3 is 14.2 Å². The maximum atomic E-state index is 13.8. The van der Waals surface area contributed by atoms with E-state index >= 15 is 0 Å². The molecule has 0 amide bonds. The number of rotatable bonds is 9. The molecule has 0 spiro atoms. The SMILES string of the molecule is COc1ccc(CN(NC(C)c2cc(F)cc(F)c2)c2cccc(OC)c2OC)cc1. The number of para-hydroxylation sites is 1. The number of methoxy groups -OCH3 is 3. The minimum absolute atomic E-state index is 0.389. The summed E-state index contributed by atoms with van der Waals surface area (Å²) in [5, 5.41) is 1.87. The van der Waals surface area contributed by atoms with Crippen molar-refractivity contribution in [2.75, 3.05) is 26.3 Å². The quantitative estimate of drug-likeness (QED) is 0.471. The number of halogens is 2. The smallest absolute Gasteiger partial charge is 0.185 e. The lowest BCUT2D eigenvalue weighted by molar-refractivity contribution is 0.353. The predicted octanol–water partition coefficient (Wildman–Crippen LogP) is 5.26. The number of hydrogen-bond acceptors (Lipinski definition) is 5. The van der Waals surface area contributed by atoms with Crippen LogP contribution < -0.4 is 24.6 Å². The summed E-state index contributed by atoms with van der Waals surface area (Å²) in [6.45, 7) is 2.29. The number of hydrazine groups is 1. The highest BCUT2D eigenvalue weighted by Gasteiger charge is 2.20. The van der Waals surface area contributed by atoms with Crippen molar-refractivity contribution in [1.29, 1.82) is 0 Å². The Hall–Kier alpha value is -3.32. The minimum Gasteiger partial charge on any atom is -0.497 e. The van der Waals surface area contributed by atoms with E-state index in [0.717, 1.165) is 23.1 Å². The second-order valence-electron chi connectivity index (χ2n) is 7.00. The van der Waals surface area contributed by atoms with Gasteiger partial charge in [0.25, 0.3) is 0 Å². The molecule has 5 nitrogen and oxygen atoms in total. The first-order chi connectivity index (χ1) is 14.9. The van der Waals surface area contributed by atoms with E-state index in [4.69, 9.17) is 14.2 Å². The van der Waals surface area contributed by atoms with Gasteiger partial charge in [0.2, 0.25) is 0 Å². The average Bonchev–Trinajstić information content (AvgIpc) is 2.77. The van der Waals surface area contributed by atoms with E-state index in [1.807, 2.05) is 48.3 Å². The van der Waals surface area contributed by atoms with Crippen molar-refractivity contribution in [2.45, 2.75) is 19.5 Å². The topological polar surface area (TPSA) is 43.0 Å². The van der Waals surface area contributed by atoms with E-state index in [2.05, 4.69) is 5.43 Å². The molecule has 0 radical (unpaired) electrons. The molecule has 1 unspecified atom stereocenters. The molecule has 0 bridgehead atoms. The maximum Gasteiger partial charge on any atom is 0.185 e. The van der Waals surface area contributed by atoms with E-state index in [0.29, 0.717) is 23.6 Å². The summed E-state index contributed by atoms with van der Waals surface area (Å²) in [5.74, 6) is 0.633. The van der Waals surface area contributed by atoms with E-state index in [1.165, 1.54) is 12.1 Å². The molecule has 1 atom stereocenters. The lowest BCUT2D eigenvalue weighted by atomic mass is 10.1.